The number of benzene rings is 1. The zero-order chi connectivity index (χ0) is 11.3. The molecule has 0 bridgehead atoms. The Morgan fingerprint density at radius 3 is 2.27 bits per heavy atom. The van der Waals surface area contributed by atoms with Gasteiger partial charge in [0.05, 0.1) is 6.10 Å². The van der Waals surface area contributed by atoms with Crippen molar-refractivity contribution in [1.29, 1.82) is 0 Å². The third-order valence-corrected chi connectivity index (χ3v) is 3.05. The highest BCUT2D eigenvalue weighted by molar-refractivity contribution is 9.09. The van der Waals surface area contributed by atoms with Gasteiger partial charge in [0.1, 0.15) is 6.10 Å². The van der Waals surface area contributed by atoms with Gasteiger partial charge in [0, 0.05) is 5.33 Å². The molecule has 15 heavy (non-hydrogen) atoms. The van der Waals surface area contributed by atoms with Gasteiger partial charge < -0.3 is 10.2 Å². The molecule has 0 spiro atoms. The Bertz CT molecular complexity index is 284. The number of aliphatic hydroxyl groups excluding tert-OH is 2. The van der Waals surface area contributed by atoms with Crippen molar-refractivity contribution in [1.82, 2.24) is 0 Å². The van der Waals surface area contributed by atoms with E-state index in [0.717, 1.165) is 18.4 Å². The van der Waals surface area contributed by atoms with Crippen LogP contribution in [0, 0.1) is 0 Å². The van der Waals surface area contributed by atoms with Crippen LogP contribution < -0.4 is 0 Å². The maximum Gasteiger partial charge on any atom is 0.106 e. The molecule has 0 aliphatic heterocycles. The lowest BCUT2D eigenvalue weighted by Gasteiger charge is -2.16. The molecule has 2 nitrogen and oxygen atoms in total. The summed E-state index contributed by atoms with van der Waals surface area (Å²) in [6.07, 6.45) is 0.616. The Labute approximate surface area is 99.1 Å². The zero-order valence-corrected chi connectivity index (χ0v) is 10.4. The molecular weight excluding hydrogens is 256 g/mol. The minimum Gasteiger partial charge on any atom is -0.389 e. The van der Waals surface area contributed by atoms with Crippen molar-refractivity contribution >= 4 is 15.9 Å². The van der Waals surface area contributed by atoms with E-state index in [0.29, 0.717) is 5.33 Å². The normalized spacial score (nSPS) is 14.9. The molecule has 1 aromatic carbocycles. The van der Waals surface area contributed by atoms with Gasteiger partial charge in [0.2, 0.25) is 0 Å². The molecule has 0 saturated heterocycles. The summed E-state index contributed by atoms with van der Waals surface area (Å²) >= 11 is 3.14. The Kier molecular flexibility index (Phi) is 5.29. The average molecular weight is 273 g/mol. The summed E-state index contributed by atoms with van der Waals surface area (Å²) < 4.78 is 0. The van der Waals surface area contributed by atoms with E-state index < -0.39 is 12.2 Å². The zero-order valence-electron chi connectivity index (χ0n) is 8.86. The van der Waals surface area contributed by atoms with Gasteiger partial charge in [-0.15, -0.1) is 0 Å². The van der Waals surface area contributed by atoms with Crippen molar-refractivity contribution in [2.45, 2.75) is 32.0 Å². The van der Waals surface area contributed by atoms with Crippen LogP contribution >= 0.6 is 15.9 Å². The number of alkyl halides is 1. The number of aryl methyl sites for hydroxylation is 1. The molecule has 0 saturated carbocycles. The minimum atomic E-state index is -0.806. The highest BCUT2D eigenvalue weighted by Gasteiger charge is 2.16. The fourth-order valence-corrected chi connectivity index (χ4v) is 1.83. The van der Waals surface area contributed by atoms with E-state index >= 15 is 0 Å². The molecule has 0 heterocycles. The molecule has 0 aliphatic carbocycles. The van der Waals surface area contributed by atoms with E-state index in [1.165, 1.54) is 5.56 Å². The first-order chi connectivity index (χ1) is 7.19. The van der Waals surface area contributed by atoms with Gasteiger partial charge >= 0.3 is 0 Å². The summed E-state index contributed by atoms with van der Waals surface area (Å²) in [7, 11) is 0. The largest absolute Gasteiger partial charge is 0.389 e. The van der Waals surface area contributed by atoms with Crippen molar-refractivity contribution in [2.24, 2.45) is 0 Å². The minimum absolute atomic E-state index is 0.380. The van der Waals surface area contributed by atoms with Gasteiger partial charge in [0.25, 0.3) is 0 Å². The molecule has 1 rings (SSSR count). The molecule has 2 atom stereocenters. The number of hydrogen-bond acceptors (Lipinski definition) is 2. The van der Waals surface area contributed by atoms with Crippen LogP contribution in [-0.2, 0) is 6.42 Å². The first-order valence-corrected chi connectivity index (χ1v) is 6.32. The third kappa shape index (κ3) is 3.59. The van der Waals surface area contributed by atoms with E-state index in [-0.39, 0.29) is 0 Å². The maximum absolute atomic E-state index is 9.73. The summed E-state index contributed by atoms with van der Waals surface area (Å²) in [6.45, 7) is 2.14. The van der Waals surface area contributed by atoms with E-state index in [1.54, 1.807) is 0 Å². The smallest absolute Gasteiger partial charge is 0.106 e. The molecule has 0 fully saturated rings. The highest BCUT2D eigenvalue weighted by Crippen LogP contribution is 2.19. The summed E-state index contributed by atoms with van der Waals surface area (Å²) in [6, 6.07) is 7.76. The van der Waals surface area contributed by atoms with Crippen molar-refractivity contribution in [2.75, 3.05) is 5.33 Å². The van der Waals surface area contributed by atoms with Crippen LogP contribution in [0.15, 0.2) is 24.3 Å². The summed E-state index contributed by atoms with van der Waals surface area (Å²) in [4.78, 5) is 0. The molecule has 3 heteroatoms. The van der Waals surface area contributed by atoms with Crippen LogP contribution in [0.2, 0.25) is 0 Å². The van der Waals surface area contributed by atoms with Crippen molar-refractivity contribution in [3.8, 4) is 0 Å². The molecule has 0 radical (unpaired) electrons. The lowest BCUT2D eigenvalue weighted by Crippen LogP contribution is -2.19. The van der Waals surface area contributed by atoms with Gasteiger partial charge in [-0.1, -0.05) is 53.5 Å². The molecule has 2 N–H and O–H groups in total. The predicted octanol–water partition coefficient (Wildman–Crippen LogP) is 2.43. The molecule has 1 aromatic rings. The summed E-state index contributed by atoms with van der Waals surface area (Å²) in [5, 5.41) is 19.6. The number of rotatable bonds is 5. The van der Waals surface area contributed by atoms with Crippen LogP contribution in [0.4, 0.5) is 0 Å². The van der Waals surface area contributed by atoms with Gasteiger partial charge in [-0.25, -0.2) is 0 Å². The van der Waals surface area contributed by atoms with Crippen LogP contribution in [-0.4, -0.2) is 21.6 Å². The van der Waals surface area contributed by atoms with Crippen LogP contribution in [0.25, 0.3) is 0 Å². The summed E-state index contributed by atoms with van der Waals surface area (Å²) in [5.41, 5.74) is 2.03. The van der Waals surface area contributed by atoms with Gasteiger partial charge in [-0.05, 0) is 17.5 Å². The van der Waals surface area contributed by atoms with E-state index in [4.69, 9.17) is 0 Å². The maximum atomic E-state index is 9.73. The molecule has 84 valence electrons. The van der Waals surface area contributed by atoms with E-state index in [2.05, 4.69) is 22.9 Å². The second kappa shape index (κ2) is 6.26. The lowest BCUT2D eigenvalue weighted by atomic mass is 10.0. The average Bonchev–Trinajstić information content (AvgIpc) is 2.28. The highest BCUT2D eigenvalue weighted by atomic mass is 79.9. The van der Waals surface area contributed by atoms with Crippen LogP contribution in [0.1, 0.15) is 30.6 Å². The monoisotopic (exact) mass is 272 g/mol. The van der Waals surface area contributed by atoms with Crippen LogP contribution in [0.5, 0.6) is 0 Å². The van der Waals surface area contributed by atoms with Gasteiger partial charge in [0.15, 0.2) is 0 Å². The van der Waals surface area contributed by atoms with Crippen LogP contribution in [0.3, 0.4) is 0 Å². The molecule has 2 unspecified atom stereocenters. The van der Waals surface area contributed by atoms with E-state index in [9.17, 15) is 10.2 Å². The Hall–Kier alpha value is -0.380. The Morgan fingerprint density at radius 2 is 1.80 bits per heavy atom. The molecule has 0 aromatic heterocycles. The molecular formula is C12H17BrO2. The second-order valence-corrected chi connectivity index (χ2v) is 4.31. The molecule has 0 amide bonds. The number of aliphatic hydroxyl groups is 2. The van der Waals surface area contributed by atoms with Crippen molar-refractivity contribution < 1.29 is 10.2 Å². The van der Waals surface area contributed by atoms with Gasteiger partial charge in [-0.3, -0.25) is 0 Å². The quantitative estimate of drug-likeness (QED) is 0.809. The lowest BCUT2D eigenvalue weighted by molar-refractivity contribution is 0.0342. The standard InChI is InChI=1S/C12H17BrO2/c1-2-3-9-4-6-10(7-5-9)12(15)11(14)8-13/h4-7,11-12,14-15H,2-3,8H2,1H3. The number of hydrogen-bond donors (Lipinski definition) is 2. The van der Waals surface area contributed by atoms with Crippen molar-refractivity contribution in [3.05, 3.63) is 35.4 Å². The number of halogens is 1. The van der Waals surface area contributed by atoms with Crippen molar-refractivity contribution in [3.63, 3.8) is 0 Å². The fraction of sp³-hybridized carbons (Fsp3) is 0.500. The predicted molar refractivity (Wildman–Crippen MR) is 65.2 cm³/mol. The first-order valence-electron chi connectivity index (χ1n) is 5.20. The Balaban J connectivity index is 2.70. The Morgan fingerprint density at radius 1 is 1.20 bits per heavy atom. The SMILES string of the molecule is CCCc1ccc(C(O)C(O)CBr)cc1. The second-order valence-electron chi connectivity index (χ2n) is 3.66. The fourth-order valence-electron chi connectivity index (χ4n) is 1.48. The topological polar surface area (TPSA) is 40.5 Å². The first kappa shape index (κ1) is 12.7. The van der Waals surface area contributed by atoms with E-state index in [1.807, 2.05) is 24.3 Å². The molecule has 0 aliphatic rings. The summed E-state index contributed by atoms with van der Waals surface area (Å²) in [5.74, 6) is 0. The van der Waals surface area contributed by atoms with Gasteiger partial charge in [-0.2, -0.15) is 0 Å². The third-order valence-electron chi connectivity index (χ3n) is 2.38.